The van der Waals surface area contributed by atoms with Gasteiger partial charge in [0.15, 0.2) is 17.4 Å². The van der Waals surface area contributed by atoms with Crippen molar-refractivity contribution in [1.82, 2.24) is 10.3 Å². The third kappa shape index (κ3) is 2.61. The van der Waals surface area contributed by atoms with E-state index in [-0.39, 0.29) is 12.0 Å². The molecule has 0 saturated carbocycles. The van der Waals surface area contributed by atoms with Crippen molar-refractivity contribution in [1.29, 1.82) is 5.26 Å². The van der Waals surface area contributed by atoms with Crippen molar-refractivity contribution >= 4 is 29.8 Å². The Hall–Kier alpha value is -2.23. The molecule has 3 rings (SSSR count). The van der Waals surface area contributed by atoms with E-state index in [1.165, 1.54) is 0 Å². The van der Waals surface area contributed by atoms with Crippen LogP contribution in [0.25, 0.3) is 0 Å². The van der Waals surface area contributed by atoms with Gasteiger partial charge in [0.1, 0.15) is 0 Å². The van der Waals surface area contributed by atoms with E-state index < -0.39 is 0 Å². The van der Waals surface area contributed by atoms with Crippen molar-refractivity contribution in [2.45, 2.75) is 12.0 Å². The normalized spacial score (nSPS) is 21.2. The minimum absolute atomic E-state index is 0.189. The summed E-state index contributed by atoms with van der Waals surface area (Å²) in [5.41, 5.74) is 1.50. The van der Waals surface area contributed by atoms with Gasteiger partial charge in [-0.15, -0.1) is 12.6 Å². The van der Waals surface area contributed by atoms with Crippen LogP contribution in [0.3, 0.4) is 0 Å². The van der Waals surface area contributed by atoms with Gasteiger partial charge in [0, 0.05) is 24.5 Å². The summed E-state index contributed by atoms with van der Waals surface area (Å²) < 4.78 is 2.00. The SMILES string of the molecule is N#CC1=C(S)NC(=S)C([n+]2ccccc2)C1c1cccnc1. The molecular weight excluding hydrogens is 312 g/mol. The zero-order valence-electron chi connectivity index (χ0n) is 11.5. The van der Waals surface area contributed by atoms with Crippen molar-refractivity contribution in [3.8, 4) is 6.07 Å². The molecule has 2 unspecified atom stereocenters. The predicted molar refractivity (Wildman–Crippen MR) is 90.0 cm³/mol. The highest BCUT2D eigenvalue weighted by Crippen LogP contribution is 2.37. The average Bonchev–Trinajstić information content (AvgIpc) is 2.56. The first kappa shape index (κ1) is 14.7. The number of hydrogen-bond donors (Lipinski definition) is 2. The molecule has 108 valence electrons. The molecule has 2 aromatic heterocycles. The molecule has 1 N–H and O–H groups in total. The zero-order chi connectivity index (χ0) is 15.5. The van der Waals surface area contributed by atoms with Gasteiger partial charge < -0.3 is 5.32 Å². The maximum atomic E-state index is 9.57. The molecule has 22 heavy (non-hydrogen) atoms. The Morgan fingerprint density at radius 2 is 2.05 bits per heavy atom. The van der Waals surface area contributed by atoms with Crippen molar-refractivity contribution < 1.29 is 4.57 Å². The van der Waals surface area contributed by atoms with Gasteiger partial charge in [0.25, 0.3) is 0 Å². The van der Waals surface area contributed by atoms with E-state index in [1.54, 1.807) is 12.4 Å². The van der Waals surface area contributed by atoms with E-state index in [0.29, 0.717) is 15.6 Å². The highest BCUT2D eigenvalue weighted by molar-refractivity contribution is 7.85. The number of nitrogens with zero attached hydrogens (tertiary/aromatic N) is 3. The summed E-state index contributed by atoms with van der Waals surface area (Å²) in [6.07, 6.45) is 7.37. The molecule has 1 aliphatic rings. The predicted octanol–water partition coefficient (Wildman–Crippen LogP) is 2.29. The lowest BCUT2D eigenvalue weighted by Crippen LogP contribution is -2.52. The molecule has 1 aliphatic heterocycles. The minimum atomic E-state index is -0.215. The monoisotopic (exact) mass is 325 g/mol. The molecule has 2 atom stereocenters. The molecule has 6 heteroatoms. The number of hydrogen-bond acceptors (Lipinski definition) is 4. The Labute approximate surface area is 139 Å². The van der Waals surface area contributed by atoms with E-state index in [4.69, 9.17) is 12.2 Å². The molecule has 0 bridgehead atoms. The van der Waals surface area contributed by atoms with Crippen LogP contribution in [-0.2, 0) is 0 Å². The summed E-state index contributed by atoms with van der Waals surface area (Å²) in [4.78, 5) is 4.81. The molecule has 0 radical (unpaired) electrons. The largest absolute Gasteiger partial charge is 0.339 e. The van der Waals surface area contributed by atoms with Crippen LogP contribution < -0.4 is 9.88 Å². The van der Waals surface area contributed by atoms with Crippen molar-refractivity contribution in [3.63, 3.8) is 0 Å². The van der Waals surface area contributed by atoms with Crippen molar-refractivity contribution in [2.75, 3.05) is 0 Å². The van der Waals surface area contributed by atoms with Gasteiger partial charge in [-0.05, 0) is 11.6 Å². The van der Waals surface area contributed by atoms with E-state index >= 15 is 0 Å². The maximum Gasteiger partial charge on any atom is 0.219 e. The second-order valence-corrected chi connectivity index (χ2v) is 5.78. The Morgan fingerprint density at radius 1 is 1.27 bits per heavy atom. The summed E-state index contributed by atoms with van der Waals surface area (Å²) in [5, 5.41) is 13.1. The molecule has 2 aromatic rings. The fraction of sp³-hybridized carbons (Fsp3) is 0.125. The molecule has 0 fully saturated rings. The molecule has 0 amide bonds. The third-order valence-electron chi connectivity index (χ3n) is 3.62. The van der Waals surface area contributed by atoms with Crippen LogP contribution in [0.1, 0.15) is 17.5 Å². The van der Waals surface area contributed by atoms with Crippen molar-refractivity contribution in [2.24, 2.45) is 0 Å². The van der Waals surface area contributed by atoms with Crippen LogP contribution in [0.4, 0.5) is 0 Å². The molecule has 4 nitrogen and oxygen atoms in total. The topological polar surface area (TPSA) is 52.6 Å². The van der Waals surface area contributed by atoms with Crippen LogP contribution in [0, 0.1) is 11.3 Å². The van der Waals surface area contributed by atoms with E-state index in [9.17, 15) is 5.26 Å². The molecular formula is C16H13N4S2+. The van der Waals surface area contributed by atoms with Crippen LogP contribution in [0.2, 0.25) is 0 Å². The van der Waals surface area contributed by atoms with E-state index in [0.717, 1.165) is 5.56 Å². The van der Waals surface area contributed by atoms with Crippen LogP contribution in [0.5, 0.6) is 0 Å². The zero-order valence-corrected chi connectivity index (χ0v) is 13.3. The highest BCUT2D eigenvalue weighted by Gasteiger charge is 2.42. The van der Waals surface area contributed by atoms with Crippen molar-refractivity contribution in [3.05, 3.63) is 71.3 Å². The second kappa shape index (κ2) is 6.26. The molecule has 0 spiro atoms. The average molecular weight is 325 g/mol. The standard InChI is InChI=1S/C16H12N4S2/c17-9-12-13(11-5-4-6-18-10-11)14(16(22)19-15(12)21)20-7-2-1-3-8-20/h1-8,10,13-14H,(H-,19,21,22)/p+1. The second-order valence-electron chi connectivity index (χ2n) is 4.89. The Balaban J connectivity index is 2.19. The van der Waals surface area contributed by atoms with Crippen LogP contribution in [-0.4, -0.2) is 9.97 Å². The number of rotatable bonds is 2. The molecule has 0 aromatic carbocycles. The Morgan fingerprint density at radius 3 is 2.68 bits per heavy atom. The lowest BCUT2D eigenvalue weighted by Gasteiger charge is -2.29. The van der Waals surface area contributed by atoms with Gasteiger partial charge in [0.05, 0.1) is 22.6 Å². The fourth-order valence-electron chi connectivity index (χ4n) is 2.65. The van der Waals surface area contributed by atoms with Gasteiger partial charge in [0.2, 0.25) is 6.04 Å². The first-order chi connectivity index (χ1) is 10.7. The van der Waals surface area contributed by atoms with E-state index in [2.05, 4.69) is 29.0 Å². The van der Waals surface area contributed by atoms with Gasteiger partial charge in [-0.3, -0.25) is 4.98 Å². The van der Waals surface area contributed by atoms with Gasteiger partial charge in [-0.25, -0.2) is 0 Å². The van der Waals surface area contributed by atoms with E-state index in [1.807, 2.05) is 47.3 Å². The Kier molecular flexibility index (Phi) is 4.18. The summed E-state index contributed by atoms with van der Waals surface area (Å²) in [7, 11) is 0. The summed E-state index contributed by atoms with van der Waals surface area (Å²) >= 11 is 9.91. The fourth-order valence-corrected chi connectivity index (χ4v) is 3.40. The quantitative estimate of drug-likeness (QED) is 0.505. The van der Waals surface area contributed by atoms with Gasteiger partial charge in [-0.1, -0.05) is 24.4 Å². The number of thiol groups is 1. The maximum absolute atomic E-state index is 9.57. The van der Waals surface area contributed by atoms with Gasteiger partial charge >= 0.3 is 0 Å². The third-order valence-corrected chi connectivity index (χ3v) is 4.31. The number of nitrogens with one attached hydrogen (secondary N) is 1. The summed E-state index contributed by atoms with van der Waals surface area (Å²) in [6.45, 7) is 0. The summed E-state index contributed by atoms with van der Waals surface area (Å²) in [6, 6.07) is 11.7. The molecule has 3 heterocycles. The first-order valence-corrected chi connectivity index (χ1v) is 7.57. The lowest BCUT2D eigenvalue weighted by atomic mass is 9.84. The minimum Gasteiger partial charge on any atom is -0.339 e. The molecule has 0 saturated heterocycles. The number of nitriles is 1. The highest BCUT2D eigenvalue weighted by atomic mass is 32.1. The molecule has 0 aliphatic carbocycles. The number of pyridine rings is 2. The lowest BCUT2D eigenvalue weighted by molar-refractivity contribution is -0.708. The van der Waals surface area contributed by atoms with Crippen LogP contribution in [0.15, 0.2) is 65.7 Å². The summed E-state index contributed by atoms with van der Waals surface area (Å²) in [5.74, 6) is -0.215. The van der Waals surface area contributed by atoms with Crippen LogP contribution >= 0.6 is 24.8 Å². The van der Waals surface area contributed by atoms with Gasteiger partial charge in [-0.2, -0.15) is 9.83 Å². The number of thiocarbonyl (C=S) groups is 1. The number of aromatic nitrogens is 2. The smallest absolute Gasteiger partial charge is 0.219 e. The Bertz CT molecular complexity index is 766. The first-order valence-electron chi connectivity index (χ1n) is 6.72. The number of allylic oxidation sites excluding steroid dienone is 1.